The molecule has 0 radical (unpaired) electrons. The maximum absolute atomic E-state index is 11.6. The Morgan fingerprint density at radius 1 is 1.29 bits per heavy atom. The highest BCUT2D eigenvalue weighted by Crippen LogP contribution is 2.26. The summed E-state index contributed by atoms with van der Waals surface area (Å²) in [7, 11) is -2.88. The molecule has 1 saturated heterocycles. The highest BCUT2D eigenvalue weighted by atomic mass is 32.2. The van der Waals surface area contributed by atoms with Crippen LogP contribution in [0.2, 0.25) is 0 Å². The summed E-state index contributed by atoms with van der Waals surface area (Å²) in [5.74, 6) is 0.541. The van der Waals surface area contributed by atoms with Crippen LogP contribution in [0.25, 0.3) is 0 Å². The van der Waals surface area contributed by atoms with E-state index in [0.29, 0.717) is 5.75 Å². The Hall–Kier alpha value is -1.54. The first-order valence-corrected chi connectivity index (χ1v) is 9.35. The molecule has 2 heterocycles. The summed E-state index contributed by atoms with van der Waals surface area (Å²) in [6.45, 7) is 0. The molecule has 1 aliphatic rings. The van der Waals surface area contributed by atoms with Crippen molar-refractivity contribution >= 4 is 27.3 Å². The molecule has 2 N–H and O–H groups in total. The van der Waals surface area contributed by atoms with E-state index in [2.05, 4.69) is 20.5 Å². The zero-order chi connectivity index (χ0) is 14.7. The lowest BCUT2D eigenvalue weighted by Gasteiger charge is -2.24. The molecule has 1 atom stereocenters. The Morgan fingerprint density at radius 3 is 2.76 bits per heavy atom. The molecule has 3 rings (SSSR count). The lowest BCUT2D eigenvalue weighted by molar-refractivity contribution is 0.562. The van der Waals surface area contributed by atoms with Gasteiger partial charge in [-0.2, -0.15) is 5.10 Å². The number of aromatic amines is 1. The predicted octanol–water partition coefficient (Wildman–Crippen LogP) is 1.94. The van der Waals surface area contributed by atoms with Gasteiger partial charge in [-0.1, -0.05) is 11.8 Å². The van der Waals surface area contributed by atoms with Gasteiger partial charge < -0.3 is 5.32 Å². The van der Waals surface area contributed by atoms with E-state index >= 15 is 0 Å². The predicted molar refractivity (Wildman–Crippen MR) is 82.2 cm³/mol. The average Bonchev–Trinajstić information content (AvgIpc) is 2.93. The minimum atomic E-state index is -2.88. The average molecular weight is 324 g/mol. The summed E-state index contributed by atoms with van der Waals surface area (Å²) in [4.78, 5) is 5.11. The summed E-state index contributed by atoms with van der Waals surface area (Å²) < 4.78 is 23.2. The number of hydrogen-bond acceptors (Lipinski definition) is 6. The molecule has 2 aromatic rings. The number of aromatic nitrogens is 3. The Balaban J connectivity index is 1.62. The molecule has 21 heavy (non-hydrogen) atoms. The Bertz CT molecular complexity index is 683. The van der Waals surface area contributed by atoms with Gasteiger partial charge in [0.05, 0.1) is 11.5 Å². The van der Waals surface area contributed by atoms with Crippen molar-refractivity contribution in [1.82, 2.24) is 15.2 Å². The zero-order valence-corrected chi connectivity index (χ0v) is 13.0. The summed E-state index contributed by atoms with van der Waals surface area (Å²) in [5, 5.41) is 10.6. The molecule has 1 unspecified atom stereocenters. The SMILES string of the molecule is O=S1(=O)CCCC(Nc2ccc(Sc3ncn[nH]3)cc2)C1. The maximum atomic E-state index is 11.6. The standard InChI is InChI=1S/C13H16N4O2S2/c18-21(19)7-1-2-11(8-21)16-10-3-5-12(6-4-10)20-13-14-9-15-17-13/h3-6,9,11,16H,1-2,7-8H2,(H,14,15,17). The molecule has 0 amide bonds. The minimum absolute atomic E-state index is 0.0107. The third kappa shape index (κ3) is 3.98. The van der Waals surface area contributed by atoms with Gasteiger partial charge in [-0.25, -0.2) is 13.4 Å². The van der Waals surface area contributed by atoms with Crippen LogP contribution < -0.4 is 5.32 Å². The lowest BCUT2D eigenvalue weighted by atomic mass is 10.2. The van der Waals surface area contributed by atoms with Crippen LogP contribution in [0.5, 0.6) is 0 Å². The molecule has 0 spiro atoms. The largest absolute Gasteiger partial charge is 0.381 e. The molecule has 6 nitrogen and oxygen atoms in total. The third-order valence-electron chi connectivity index (χ3n) is 3.30. The first-order valence-electron chi connectivity index (χ1n) is 6.71. The summed E-state index contributed by atoms with van der Waals surface area (Å²) in [6, 6.07) is 7.89. The van der Waals surface area contributed by atoms with Crippen molar-refractivity contribution in [3.63, 3.8) is 0 Å². The van der Waals surface area contributed by atoms with Gasteiger partial charge in [0.25, 0.3) is 0 Å². The van der Waals surface area contributed by atoms with Gasteiger partial charge in [-0.3, -0.25) is 5.10 Å². The fourth-order valence-electron chi connectivity index (χ4n) is 2.35. The topological polar surface area (TPSA) is 87.7 Å². The first kappa shape index (κ1) is 14.4. The van der Waals surface area contributed by atoms with E-state index in [0.717, 1.165) is 28.6 Å². The van der Waals surface area contributed by atoms with Crippen LogP contribution in [-0.2, 0) is 9.84 Å². The molecule has 0 aliphatic carbocycles. The number of sulfone groups is 1. The van der Waals surface area contributed by atoms with Crippen LogP contribution in [0.15, 0.2) is 40.6 Å². The Kier molecular flexibility index (Phi) is 4.16. The number of hydrogen-bond donors (Lipinski definition) is 2. The van der Waals surface area contributed by atoms with Crippen molar-refractivity contribution in [1.29, 1.82) is 0 Å². The van der Waals surface area contributed by atoms with E-state index in [9.17, 15) is 8.42 Å². The van der Waals surface area contributed by atoms with Crippen LogP contribution in [0.4, 0.5) is 5.69 Å². The van der Waals surface area contributed by atoms with E-state index in [1.165, 1.54) is 18.1 Å². The van der Waals surface area contributed by atoms with E-state index < -0.39 is 9.84 Å². The maximum Gasteiger partial charge on any atom is 0.188 e. The molecule has 8 heteroatoms. The second-order valence-corrected chi connectivity index (χ2v) is 8.31. The fraction of sp³-hybridized carbons (Fsp3) is 0.385. The monoisotopic (exact) mass is 324 g/mol. The molecule has 1 aliphatic heterocycles. The molecule has 1 fully saturated rings. The van der Waals surface area contributed by atoms with E-state index in [-0.39, 0.29) is 11.8 Å². The van der Waals surface area contributed by atoms with Gasteiger partial charge in [-0.15, -0.1) is 0 Å². The van der Waals surface area contributed by atoms with Crippen molar-refractivity contribution in [2.24, 2.45) is 0 Å². The van der Waals surface area contributed by atoms with Gasteiger partial charge >= 0.3 is 0 Å². The van der Waals surface area contributed by atoms with E-state index in [1.807, 2.05) is 24.3 Å². The summed E-state index contributed by atoms with van der Waals surface area (Å²) in [5.41, 5.74) is 0.944. The van der Waals surface area contributed by atoms with Crippen LogP contribution in [0, 0.1) is 0 Å². The smallest absolute Gasteiger partial charge is 0.188 e. The third-order valence-corrected chi connectivity index (χ3v) is 6.01. The number of benzene rings is 1. The summed E-state index contributed by atoms with van der Waals surface area (Å²) in [6.07, 6.45) is 3.11. The van der Waals surface area contributed by atoms with Crippen molar-refractivity contribution in [2.75, 3.05) is 16.8 Å². The van der Waals surface area contributed by atoms with Crippen LogP contribution in [-0.4, -0.2) is 41.1 Å². The van der Waals surface area contributed by atoms with Crippen LogP contribution in [0.1, 0.15) is 12.8 Å². The fourth-order valence-corrected chi connectivity index (χ4v) is 4.68. The highest BCUT2D eigenvalue weighted by Gasteiger charge is 2.24. The first-order chi connectivity index (χ1) is 10.1. The van der Waals surface area contributed by atoms with Crippen LogP contribution >= 0.6 is 11.8 Å². The molecular formula is C13H16N4O2S2. The van der Waals surface area contributed by atoms with Crippen molar-refractivity contribution in [3.05, 3.63) is 30.6 Å². The highest BCUT2D eigenvalue weighted by molar-refractivity contribution is 7.99. The quantitative estimate of drug-likeness (QED) is 0.894. The minimum Gasteiger partial charge on any atom is -0.381 e. The van der Waals surface area contributed by atoms with Gasteiger partial charge in [0.1, 0.15) is 6.33 Å². The van der Waals surface area contributed by atoms with E-state index in [4.69, 9.17) is 0 Å². The molecule has 0 bridgehead atoms. The zero-order valence-electron chi connectivity index (χ0n) is 11.3. The van der Waals surface area contributed by atoms with Crippen LogP contribution in [0.3, 0.4) is 0 Å². The van der Waals surface area contributed by atoms with Crippen molar-refractivity contribution in [2.45, 2.75) is 28.9 Å². The van der Waals surface area contributed by atoms with Gasteiger partial charge in [0.15, 0.2) is 15.0 Å². The normalized spacial score (nSPS) is 21.0. The van der Waals surface area contributed by atoms with Gasteiger partial charge in [0.2, 0.25) is 0 Å². The molecule has 1 aromatic carbocycles. The lowest BCUT2D eigenvalue weighted by Crippen LogP contribution is -2.34. The summed E-state index contributed by atoms with van der Waals surface area (Å²) >= 11 is 1.50. The van der Waals surface area contributed by atoms with Gasteiger partial charge in [-0.05, 0) is 37.1 Å². The molecule has 0 saturated carbocycles. The van der Waals surface area contributed by atoms with Gasteiger partial charge in [0, 0.05) is 16.6 Å². The second-order valence-electron chi connectivity index (χ2n) is 5.01. The Labute approximate surface area is 127 Å². The number of H-pyrrole nitrogens is 1. The molecule has 1 aromatic heterocycles. The number of rotatable bonds is 4. The van der Waals surface area contributed by atoms with E-state index in [1.54, 1.807) is 0 Å². The number of nitrogens with zero attached hydrogens (tertiary/aromatic N) is 2. The van der Waals surface area contributed by atoms with Crippen molar-refractivity contribution in [3.8, 4) is 0 Å². The molecular weight excluding hydrogens is 308 g/mol. The second kappa shape index (κ2) is 6.07. The van der Waals surface area contributed by atoms with Crippen molar-refractivity contribution < 1.29 is 8.42 Å². The Morgan fingerprint density at radius 2 is 2.10 bits per heavy atom. The molecule has 112 valence electrons. The number of nitrogens with one attached hydrogen (secondary N) is 2. The number of anilines is 1.